The molecule has 0 radical (unpaired) electrons. The zero-order valence-electron chi connectivity index (χ0n) is 7.99. The van der Waals surface area contributed by atoms with E-state index in [2.05, 4.69) is 9.47 Å². The Kier molecular flexibility index (Phi) is 4.58. The second-order valence-electron chi connectivity index (χ2n) is 2.57. The van der Waals surface area contributed by atoms with Gasteiger partial charge >= 0.3 is 5.97 Å². The molecule has 0 bridgehead atoms. The molecule has 76 valence electrons. The first-order chi connectivity index (χ1) is 5.99. The van der Waals surface area contributed by atoms with Gasteiger partial charge in [-0.2, -0.15) is 0 Å². The van der Waals surface area contributed by atoms with Crippen molar-refractivity contribution < 1.29 is 24.2 Å². The maximum atomic E-state index is 11.1. The monoisotopic (exact) mass is 190 g/mol. The molecule has 0 aliphatic carbocycles. The smallest absolute Gasteiger partial charge is 0.348 e. The molecule has 5 nitrogen and oxygen atoms in total. The summed E-state index contributed by atoms with van der Waals surface area (Å²) in [5.41, 5.74) is -2.16. The summed E-state index contributed by atoms with van der Waals surface area (Å²) in [6, 6.07) is 0. The van der Waals surface area contributed by atoms with Gasteiger partial charge in [0.2, 0.25) is 5.60 Å². The minimum absolute atomic E-state index is 0.109. The van der Waals surface area contributed by atoms with Crippen molar-refractivity contribution in [2.24, 2.45) is 0 Å². The van der Waals surface area contributed by atoms with Crippen LogP contribution in [0.2, 0.25) is 0 Å². The molecule has 0 saturated heterocycles. The molecule has 0 heterocycles. The predicted molar refractivity (Wildman–Crippen MR) is 44.1 cm³/mol. The summed E-state index contributed by atoms with van der Waals surface area (Å²) in [4.78, 5) is 22.1. The summed E-state index contributed by atoms with van der Waals surface area (Å²) in [6.45, 7) is 2.42. The second kappa shape index (κ2) is 4.94. The van der Waals surface area contributed by atoms with Crippen LogP contribution in [0.1, 0.15) is 13.8 Å². The summed E-state index contributed by atoms with van der Waals surface area (Å²) in [5, 5.41) is 9.54. The van der Waals surface area contributed by atoms with E-state index in [1.807, 2.05) is 0 Å². The molecule has 0 aliphatic heterocycles. The first-order valence-corrected chi connectivity index (χ1v) is 3.88. The topological polar surface area (TPSA) is 72.8 Å². The number of ketones is 1. The zero-order chi connectivity index (χ0) is 10.5. The summed E-state index contributed by atoms with van der Waals surface area (Å²) < 4.78 is 9.10. The molecular weight excluding hydrogens is 176 g/mol. The highest BCUT2D eigenvalue weighted by Gasteiger charge is 2.42. The Morgan fingerprint density at radius 3 is 2.31 bits per heavy atom. The van der Waals surface area contributed by atoms with Crippen LogP contribution in [0.4, 0.5) is 0 Å². The quantitative estimate of drug-likeness (QED) is 0.468. The van der Waals surface area contributed by atoms with Crippen LogP contribution < -0.4 is 0 Å². The molecule has 0 aromatic heterocycles. The molecule has 0 rings (SSSR count). The van der Waals surface area contributed by atoms with Gasteiger partial charge in [0.05, 0.1) is 13.2 Å². The van der Waals surface area contributed by atoms with Crippen molar-refractivity contribution in [1.29, 1.82) is 0 Å². The van der Waals surface area contributed by atoms with E-state index in [9.17, 15) is 14.7 Å². The average Bonchev–Trinajstić information content (AvgIpc) is 2.04. The van der Waals surface area contributed by atoms with E-state index in [1.165, 1.54) is 7.11 Å². The molecule has 1 atom stereocenters. The maximum Gasteiger partial charge on any atom is 0.348 e. The van der Waals surface area contributed by atoms with E-state index in [1.54, 1.807) is 6.92 Å². The SMILES string of the molecule is CCOC(=O)C(O)(COC)C(C)=O. The minimum atomic E-state index is -2.16. The van der Waals surface area contributed by atoms with Crippen LogP contribution in [0.3, 0.4) is 0 Å². The third-order valence-electron chi connectivity index (χ3n) is 1.55. The molecule has 13 heavy (non-hydrogen) atoms. The van der Waals surface area contributed by atoms with Gasteiger partial charge in [0.15, 0.2) is 5.78 Å². The average molecular weight is 190 g/mol. The predicted octanol–water partition coefficient (Wildman–Crippen LogP) is -0.484. The lowest BCUT2D eigenvalue weighted by Gasteiger charge is -2.21. The second-order valence-corrected chi connectivity index (χ2v) is 2.57. The van der Waals surface area contributed by atoms with E-state index in [-0.39, 0.29) is 13.2 Å². The largest absolute Gasteiger partial charge is 0.463 e. The van der Waals surface area contributed by atoms with Crippen LogP contribution >= 0.6 is 0 Å². The van der Waals surface area contributed by atoms with Gasteiger partial charge in [0, 0.05) is 7.11 Å². The van der Waals surface area contributed by atoms with E-state index in [4.69, 9.17) is 0 Å². The van der Waals surface area contributed by atoms with E-state index < -0.39 is 17.4 Å². The molecule has 1 N–H and O–H groups in total. The van der Waals surface area contributed by atoms with Gasteiger partial charge in [-0.3, -0.25) is 4.79 Å². The molecule has 0 aliphatic rings. The highest BCUT2D eigenvalue weighted by molar-refractivity contribution is 6.06. The number of hydrogen-bond acceptors (Lipinski definition) is 5. The number of rotatable bonds is 5. The van der Waals surface area contributed by atoms with E-state index in [0.717, 1.165) is 6.92 Å². The number of aliphatic hydroxyl groups is 1. The summed E-state index contributed by atoms with van der Waals surface area (Å²) >= 11 is 0. The number of hydrogen-bond donors (Lipinski definition) is 1. The fraction of sp³-hybridized carbons (Fsp3) is 0.750. The standard InChI is InChI=1S/C8H14O5/c1-4-13-7(10)8(11,5-12-3)6(2)9/h11H,4-5H2,1-3H3. The van der Waals surface area contributed by atoms with Crippen LogP contribution in [-0.4, -0.2) is 42.8 Å². The first-order valence-electron chi connectivity index (χ1n) is 3.88. The van der Waals surface area contributed by atoms with Gasteiger partial charge < -0.3 is 14.6 Å². The van der Waals surface area contributed by atoms with Gasteiger partial charge in [-0.05, 0) is 13.8 Å². The highest BCUT2D eigenvalue weighted by atomic mass is 16.6. The van der Waals surface area contributed by atoms with Gasteiger partial charge in [0.25, 0.3) is 0 Å². The Morgan fingerprint density at radius 1 is 1.46 bits per heavy atom. The molecule has 0 aromatic rings. The Hall–Kier alpha value is -0.940. The number of carbonyl (C=O) groups excluding carboxylic acids is 2. The summed E-state index contributed by atoms with van der Waals surface area (Å²) in [5.74, 6) is -1.66. The number of Topliss-reactive ketones (excluding diaryl/α,β-unsaturated/α-hetero) is 1. The van der Waals surface area contributed by atoms with Crippen molar-refractivity contribution in [3.63, 3.8) is 0 Å². The third kappa shape index (κ3) is 2.78. The van der Waals surface area contributed by atoms with Crippen molar-refractivity contribution in [3.05, 3.63) is 0 Å². The normalized spacial score (nSPS) is 14.8. The van der Waals surface area contributed by atoms with E-state index in [0.29, 0.717) is 0 Å². The molecule has 0 aromatic carbocycles. The molecule has 0 amide bonds. The molecule has 0 spiro atoms. The lowest BCUT2D eigenvalue weighted by atomic mass is 10.0. The summed E-state index contributed by atoms with van der Waals surface area (Å²) in [7, 11) is 1.28. The number of methoxy groups -OCH3 is 1. The van der Waals surface area contributed by atoms with Crippen molar-refractivity contribution in [3.8, 4) is 0 Å². The molecule has 0 fully saturated rings. The van der Waals surface area contributed by atoms with Gasteiger partial charge in [0.1, 0.15) is 0 Å². The maximum absolute atomic E-state index is 11.1. The molecule has 5 heteroatoms. The number of carbonyl (C=O) groups is 2. The Balaban J connectivity index is 4.57. The van der Waals surface area contributed by atoms with Crippen LogP contribution in [-0.2, 0) is 19.1 Å². The summed E-state index contributed by atoms with van der Waals surface area (Å²) in [6.07, 6.45) is 0. The lowest BCUT2D eigenvalue weighted by Crippen LogP contribution is -2.50. The Labute approximate surface area is 76.6 Å². The lowest BCUT2D eigenvalue weighted by molar-refractivity contribution is -0.174. The Morgan fingerprint density at radius 2 is 2.00 bits per heavy atom. The van der Waals surface area contributed by atoms with Gasteiger partial charge in [-0.25, -0.2) is 4.79 Å². The zero-order valence-corrected chi connectivity index (χ0v) is 7.99. The first kappa shape index (κ1) is 12.1. The van der Waals surface area contributed by atoms with Crippen molar-refractivity contribution in [2.75, 3.05) is 20.3 Å². The van der Waals surface area contributed by atoms with Crippen LogP contribution in [0.15, 0.2) is 0 Å². The van der Waals surface area contributed by atoms with Crippen molar-refractivity contribution in [2.45, 2.75) is 19.4 Å². The van der Waals surface area contributed by atoms with Crippen LogP contribution in [0.25, 0.3) is 0 Å². The molecule has 0 saturated carbocycles. The third-order valence-corrected chi connectivity index (χ3v) is 1.55. The van der Waals surface area contributed by atoms with Gasteiger partial charge in [-0.15, -0.1) is 0 Å². The number of ether oxygens (including phenoxy) is 2. The highest BCUT2D eigenvalue weighted by Crippen LogP contribution is 2.09. The van der Waals surface area contributed by atoms with Crippen molar-refractivity contribution in [1.82, 2.24) is 0 Å². The molecule has 1 unspecified atom stereocenters. The Bertz CT molecular complexity index is 201. The van der Waals surface area contributed by atoms with Crippen molar-refractivity contribution >= 4 is 11.8 Å². The fourth-order valence-electron chi connectivity index (χ4n) is 0.764. The van der Waals surface area contributed by atoms with Crippen LogP contribution in [0.5, 0.6) is 0 Å². The number of esters is 1. The van der Waals surface area contributed by atoms with Gasteiger partial charge in [-0.1, -0.05) is 0 Å². The minimum Gasteiger partial charge on any atom is -0.463 e. The van der Waals surface area contributed by atoms with Crippen LogP contribution in [0, 0.1) is 0 Å². The fourth-order valence-corrected chi connectivity index (χ4v) is 0.764. The van der Waals surface area contributed by atoms with E-state index >= 15 is 0 Å². The molecular formula is C8H14O5.